The molecule has 0 aliphatic rings. The third kappa shape index (κ3) is 3.08. The third-order valence-electron chi connectivity index (χ3n) is 2.91. The van der Waals surface area contributed by atoms with E-state index in [4.69, 9.17) is 0 Å². The van der Waals surface area contributed by atoms with Gasteiger partial charge in [-0.25, -0.2) is 0 Å². The van der Waals surface area contributed by atoms with E-state index >= 15 is 0 Å². The van der Waals surface area contributed by atoms with Crippen LogP contribution in [0.5, 0.6) is 0 Å². The second-order valence-corrected chi connectivity index (χ2v) is 5.81. The Bertz CT molecular complexity index is 519. The Morgan fingerprint density at radius 3 is 2.41 bits per heavy atom. The molecule has 2 aromatic carbocycles. The van der Waals surface area contributed by atoms with Gasteiger partial charge in [0.15, 0.2) is 0 Å². The zero-order chi connectivity index (χ0) is 12.4. The van der Waals surface area contributed by atoms with Crippen molar-refractivity contribution in [2.45, 2.75) is 26.4 Å². The van der Waals surface area contributed by atoms with Crippen LogP contribution in [0.1, 0.15) is 31.9 Å². The van der Waals surface area contributed by atoms with E-state index in [1.165, 1.54) is 10.8 Å². The van der Waals surface area contributed by atoms with Gasteiger partial charge in [0, 0.05) is 4.47 Å². The molecule has 0 fully saturated rings. The molecule has 0 heterocycles. The van der Waals surface area contributed by atoms with Gasteiger partial charge in [-0.3, -0.25) is 0 Å². The summed E-state index contributed by atoms with van der Waals surface area (Å²) in [6, 6.07) is 12.4. The van der Waals surface area contributed by atoms with Crippen LogP contribution in [-0.2, 0) is 0 Å². The number of aliphatic hydroxyl groups is 1. The van der Waals surface area contributed by atoms with Gasteiger partial charge in [0.2, 0.25) is 0 Å². The summed E-state index contributed by atoms with van der Waals surface area (Å²) in [6.45, 7) is 4.25. The van der Waals surface area contributed by atoms with E-state index in [9.17, 15) is 5.11 Å². The molecule has 17 heavy (non-hydrogen) atoms. The summed E-state index contributed by atoms with van der Waals surface area (Å²) >= 11 is 3.46. The molecule has 2 heteroatoms. The minimum atomic E-state index is -0.358. The van der Waals surface area contributed by atoms with Gasteiger partial charge in [-0.05, 0) is 46.9 Å². The number of hydrogen-bond acceptors (Lipinski definition) is 1. The Hall–Kier alpha value is -0.860. The van der Waals surface area contributed by atoms with Gasteiger partial charge in [-0.1, -0.05) is 48.0 Å². The quantitative estimate of drug-likeness (QED) is 0.871. The van der Waals surface area contributed by atoms with Gasteiger partial charge in [0.25, 0.3) is 0 Å². The highest BCUT2D eigenvalue weighted by Crippen LogP contribution is 2.26. The van der Waals surface area contributed by atoms with Crippen LogP contribution in [0, 0.1) is 5.92 Å². The molecule has 1 N–H and O–H groups in total. The van der Waals surface area contributed by atoms with E-state index in [2.05, 4.69) is 54.0 Å². The monoisotopic (exact) mass is 292 g/mol. The Labute approximate surface area is 111 Å². The maximum absolute atomic E-state index is 10.1. The van der Waals surface area contributed by atoms with E-state index in [1.807, 2.05) is 12.1 Å². The molecule has 1 atom stereocenters. The van der Waals surface area contributed by atoms with Crippen molar-refractivity contribution in [1.29, 1.82) is 0 Å². The molecule has 0 aliphatic heterocycles. The number of halogens is 1. The highest BCUT2D eigenvalue weighted by atomic mass is 79.9. The molecular formula is C15H17BrO. The molecule has 0 amide bonds. The molecule has 2 aromatic rings. The van der Waals surface area contributed by atoms with Gasteiger partial charge in [-0.2, -0.15) is 0 Å². The van der Waals surface area contributed by atoms with E-state index in [0.717, 1.165) is 16.5 Å². The number of hydrogen-bond donors (Lipinski definition) is 1. The topological polar surface area (TPSA) is 20.2 Å². The zero-order valence-corrected chi connectivity index (χ0v) is 11.7. The van der Waals surface area contributed by atoms with Crippen molar-refractivity contribution in [3.63, 3.8) is 0 Å². The second-order valence-electron chi connectivity index (χ2n) is 4.90. The summed E-state index contributed by atoms with van der Waals surface area (Å²) in [7, 11) is 0. The van der Waals surface area contributed by atoms with Crippen LogP contribution in [0.2, 0.25) is 0 Å². The summed E-state index contributed by atoms with van der Waals surface area (Å²) in [5.41, 5.74) is 1.01. The van der Waals surface area contributed by atoms with E-state index in [1.54, 1.807) is 0 Å². The molecule has 0 aliphatic carbocycles. The molecule has 0 bridgehead atoms. The Balaban J connectivity index is 2.34. The SMILES string of the molecule is CC(C)CC(O)c1ccc2cc(Br)ccc2c1. The van der Waals surface area contributed by atoms with Crippen LogP contribution < -0.4 is 0 Å². The Kier molecular flexibility index (Phi) is 3.85. The van der Waals surface area contributed by atoms with Gasteiger partial charge in [0.1, 0.15) is 0 Å². The van der Waals surface area contributed by atoms with Crippen LogP contribution in [0.15, 0.2) is 40.9 Å². The highest BCUT2D eigenvalue weighted by molar-refractivity contribution is 9.10. The molecule has 2 rings (SSSR count). The normalized spacial score (nSPS) is 13.2. The van der Waals surface area contributed by atoms with Crippen LogP contribution in [-0.4, -0.2) is 5.11 Å². The first kappa shape index (κ1) is 12.6. The predicted octanol–water partition coefficient (Wildman–Crippen LogP) is 4.68. The van der Waals surface area contributed by atoms with Crippen molar-refractivity contribution >= 4 is 26.7 Å². The van der Waals surface area contributed by atoms with Crippen molar-refractivity contribution < 1.29 is 5.11 Å². The lowest BCUT2D eigenvalue weighted by molar-refractivity contribution is 0.151. The molecule has 0 saturated carbocycles. The fraction of sp³-hybridized carbons (Fsp3) is 0.333. The molecule has 0 radical (unpaired) electrons. The van der Waals surface area contributed by atoms with Crippen LogP contribution >= 0.6 is 15.9 Å². The highest BCUT2D eigenvalue weighted by Gasteiger charge is 2.10. The molecule has 90 valence electrons. The van der Waals surface area contributed by atoms with E-state index in [-0.39, 0.29) is 6.10 Å². The summed E-state index contributed by atoms with van der Waals surface area (Å²) in [6.07, 6.45) is 0.449. The van der Waals surface area contributed by atoms with Crippen LogP contribution in [0.3, 0.4) is 0 Å². The average Bonchev–Trinajstić information content (AvgIpc) is 2.27. The van der Waals surface area contributed by atoms with E-state index in [0.29, 0.717) is 5.92 Å². The van der Waals surface area contributed by atoms with Crippen molar-refractivity contribution in [2.24, 2.45) is 5.92 Å². The minimum Gasteiger partial charge on any atom is -0.388 e. The standard InChI is InChI=1S/C15H17BrO/c1-10(2)7-15(17)13-4-3-12-9-14(16)6-5-11(12)8-13/h3-6,8-10,15,17H,7H2,1-2H3. The third-order valence-corrected chi connectivity index (χ3v) is 3.40. The first-order chi connectivity index (χ1) is 8.06. The van der Waals surface area contributed by atoms with Crippen molar-refractivity contribution in [3.05, 3.63) is 46.4 Å². The van der Waals surface area contributed by atoms with Crippen LogP contribution in [0.4, 0.5) is 0 Å². The summed E-state index contributed by atoms with van der Waals surface area (Å²) < 4.78 is 1.08. The maximum atomic E-state index is 10.1. The van der Waals surface area contributed by atoms with Gasteiger partial charge >= 0.3 is 0 Å². The fourth-order valence-corrected chi connectivity index (χ4v) is 2.40. The molecular weight excluding hydrogens is 276 g/mol. The minimum absolute atomic E-state index is 0.358. The maximum Gasteiger partial charge on any atom is 0.0792 e. The van der Waals surface area contributed by atoms with Crippen molar-refractivity contribution in [3.8, 4) is 0 Å². The van der Waals surface area contributed by atoms with Crippen LogP contribution in [0.25, 0.3) is 10.8 Å². The number of aliphatic hydroxyl groups excluding tert-OH is 1. The van der Waals surface area contributed by atoms with Gasteiger partial charge < -0.3 is 5.11 Å². The number of fused-ring (bicyclic) bond motifs is 1. The summed E-state index contributed by atoms with van der Waals surface area (Å²) in [5.74, 6) is 0.505. The Morgan fingerprint density at radius 2 is 1.71 bits per heavy atom. The second kappa shape index (κ2) is 5.19. The van der Waals surface area contributed by atoms with Gasteiger partial charge in [-0.15, -0.1) is 0 Å². The molecule has 1 nitrogen and oxygen atoms in total. The fourth-order valence-electron chi connectivity index (χ4n) is 2.02. The first-order valence-electron chi connectivity index (χ1n) is 5.93. The first-order valence-corrected chi connectivity index (χ1v) is 6.73. The number of benzene rings is 2. The molecule has 1 unspecified atom stereocenters. The van der Waals surface area contributed by atoms with E-state index < -0.39 is 0 Å². The lowest BCUT2D eigenvalue weighted by atomic mass is 9.97. The zero-order valence-electron chi connectivity index (χ0n) is 10.2. The smallest absolute Gasteiger partial charge is 0.0792 e. The predicted molar refractivity (Wildman–Crippen MR) is 76.1 cm³/mol. The largest absolute Gasteiger partial charge is 0.388 e. The molecule has 0 saturated heterocycles. The molecule has 0 aromatic heterocycles. The Morgan fingerprint density at radius 1 is 1.06 bits per heavy atom. The lowest BCUT2D eigenvalue weighted by Gasteiger charge is -2.14. The molecule has 0 spiro atoms. The number of rotatable bonds is 3. The van der Waals surface area contributed by atoms with Crippen molar-refractivity contribution in [1.82, 2.24) is 0 Å². The summed E-state index contributed by atoms with van der Waals surface area (Å²) in [5, 5.41) is 12.5. The van der Waals surface area contributed by atoms with Gasteiger partial charge in [0.05, 0.1) is 6.10 Å². The average molecular weight is 293 g/mol. The lowest BCUT2D eigenvalue weighted by Crippen LogP contribution is -2.01. The van der Waals surface area contributed by atoms with Crippen molar-refractivity contribution in [2.75, 3.05) is 0 Å². The summed E-state index contributed by atoms with van der Waals surface area (Å²) in [4.78, 5) is 0.